The first kappa shape index (κ1) is 45.2. The second-order valence-corrected chi connectivity index (χ2v) is 12.2. The molecule has 6 atom stereocenters. The third kappa shape index (κ3) is 17.8. The molecular formula is C32H49N9O12. The van der Waals surface area contributed by atoms with Crippen LogP contribution in [0.4, 0.5) is 0 Å². The van der Waals surface area contributed by atoms with E-state index < -0.39 is 122 Å². The lowest BCUT2D eigenvalue weighted by molar-refractivity contribution is -0.142. The fourth-order valence-corrected chi connectivity index (χ4v) is 4.73. The van der Waals surface area contributed by atoms with Gasteiger partial charge in [0.15, 0.2) is 0 Å². The monoisotopic (exact) mass is 751 g/mol. The van der Waals surface area contributed by atoms with Gasteiger partial charge in [-0.1, -0.05) is 12.1 Å². The van der Waals surface area contributed by atoms with Crippen molar-refractivity contribution in [2.75, 3.05) is 6.54 Å². The minimum Gasteiger partial charge on any atom is -0.508 e. The summed E-state index contributed by atoms with van der Waals surface area (Å²) in [4.78, 5) is 112. The smallest absolute Gasteiger partial charge is 0.326 e. The van der Waals surface area contributed by atoms with Crippen LogP contribution in [0.5, 0.6) is 5.75 Å². The molecule has 1 aromatic carbocycles. The molecular weight excluding hydrogens is 702 g/mol. The van der Waals surface area contributed by atoms with E-state index in [1.807, 2.05) is 0 Å². The normalized spacial score (nSPS) is 14.2. The zero-order chi connectivity index (χ0) is 40.2. The van der Waals surface area contributed by atoms with Gasteiger partial charge in [-0.15, -0.1) is 0 Å². The number of aromatic hydroxyl groups is 1. The number of phenolic OH excluding ortho intramolecular Hbond substituents is 1. The second kappa shape index (κ2) is 22.9. The molecule has 0 bridgehead atoms. The fraction of sp³-hybridized carbons (Fsp3) is 0.531. The van der Waals surface area contributed by atoms with Crippen LogP contribution in [0, 0.1) is 0 Å². The van der Waals surface area contributed by atoms with Crippen LogP contribution in [-0.4, -0.2) is 111 Å². The minimum atomic E-state index is -1.61. The maximum Gasteiger partial charge on any atom is 0.326 e. The number of phenols is 1. The standard InChI is InChI=1S/C32H49N9O12/c1-16(27(47)40-22(32(52)53)4-2-3-13-33)37-29(49)21(10-12-26(45)46)38-30(50)20(9-11-24(35)43)39-31(51)23(14-17-5-7-18(42)8-6-17)41-28(48)19(34)15-25(36)44/h5-8,16,19-23,42H,2-4,9-15,33-34H2,1H3,(H2,35,43)(H2,36,44)(H,37,49)(H,38,50)(H,39,51)(H,40,47)(H,41,48)(H,45,46)(H,52,53)/t16-,19-,20-,21-,22-,23-/m0/s1. The van der Waals surface area contributed by atoms with Crippen LogP contribution in [0.15, 0.2) is 24.3 Å². The molecule has 0 aliphatic carbocycles. The molecule has 0 heterocycles. The SMILES string of the molecule is C[C@H](NC(=O)[C@H](CCC(=O)O)NC(=O)[C@H](CCC(N)=O)NC(=O)[C@H](Cc1ccc(O)cc1)NC(=O)[C@@H](N)CC(N)=O)C(=O)N[C@@H](CCCCN)C(=O)O. The van der Waals surface area contributed by atoms with Crippen molar-refractivity contribution in [1.29, 1.82) is 0 Å². The van der Waals surface area contributed by atoms with E-state index in [1.54, 1.807) is 0 Å². The number of carboxylic acid groups (broad SMARTS) is 2. The van der Waals surface area contributed by atoms with E-state index in [1.165, 1.54) is 31.2 Å². The van der Waals surface area contributed by atoms with Gasteiger partial charge >= 0.3 is 11.9 Å². The summed E-state index contributed by atoms with van der Waals surface area (Å²) in [6, 6.07) is -3.22. The Bertz CT molecular complexity index is 1470. The molecule has 53 heavy (non-hydrogen) atoms. The van der Waals surface area contributed by atoms with Gasteiger partial charge in [0.2, 0.25) is 41.4 Å². The zero-order valence-electron chi connectivity index (χ0n) is 29.2. The van der Waals surface area contributed by atoms with E-state index in [4.69, 9.17) is 22.9 Å². The molecule has 16 N–H and O–H groups in total. The number of carbonyl (C=O) groups is 9. The van der Waals surface area contributed by atoms with Gasteiger partial charge in [0.05, 0.1) is 12.5 Å². The summed E-state index contributed by atoms with van der Waals surface area (Å²) in [5, 5.41) is 40.0. The number of carboxylic acids is 2. The largest absolute Gasteiger partial charge is 0.508 e. The summed E-state index contributed by atoms with van der Waals surface area (Å²) in [6.07, 6.45) is -1.79. The predicted octanol–water partition coefficient (Wildman–Crippen LogP) is -4.07. The Hall–Kier alpha value is -5.83. The molecule has 0 aliphatic rings. The summed E-state index contributed by atoms with van der Waals surface area (Å²) < 4.78 is 0. The van der Waals surface area contributed by atoms with Crippen molar-refractivity contribution >= 4 is 53.3 Å². The summed E-state index contributed by atoms with van der Waals surface area (Å²) >= 11 is 0. The molecule has 0 radical (unpaired) electrons. The molecule has 0 aliphatic heterocycles. The number of hydrogen-bond donors (Lipinski definition) is 12. The summed E-state index contributed by atoms with van der Waals surface area (Å²) in [5.74, 6) is -9.44. The van der Waals surface area contributed by atoms with E-state index in [0.29, 0.717) is 24.9 Å². The second-order valence-electron chi connectivity index (χ2n) is 12.2. The number of aliphatic carboxylic acids is 2. The number of carbonyl (C=O) groups excluding carboxylic acids is 7. The molecule has 294 valence electrons. The Balaban J connectivity index is 3.27. The van der Waals surface area contributed by atoms with Gasteiger partial charge in [-0.3, -0.25) is 38.4 Å². The van der Waals surface area contributed by atoms with Crippen LogP contribution < -0.4 is 49.5 Å². The van der Waals surface area contributed by atoms with E-state index >= 15 is 0 Å². The molecule has 21 nitrogen and oxygen atoms in total. The summed E-state index contributed by atoms with van der Waals surface area (Å²) in [6.45, 7) is 1.54. The average Bonchev–Trinajstić information content (AvgIpc) is 3.07. The van der Waals surface area contributed by atoms with Crippen LogP contribution in [-0.2, 0) is 49.6 Å². The molecule has 0 saturated carbocycles. The first-order valence-corrected chi connectivity index (χ1v) is 16.6. The van der Waals surface area contributed by atoms with Crippen molar-refractivity contribution < 1.29 is 58.5 Å². The Labute approximate surface area is 304 Å². The highest BCUT2D eigenvalue weighted by molar-refractivity contribution is 5.97. The highest BCUT2D eigenvalue weighted by Crippen LogP contribution is 2.13. The number of unbranched alkanes of at least 4 members (excludes halogenated alkanes) is 1. The van der Waals surface area contributed by atoms with Crippen molar-refractivity contribution in [3.63, 3.8) is 0 Å². The lowest BCUT2D eigenvalue weighted by atomic mass is 10.0. The Morgan fingerprint density at radius 2 is 1.15 bits per heavy atom. The Morgan fingerprint density at radius 3 is 1.66 bits per heavy atom. The molecule has 7 amide bonds. The van der Waals surface area contributed by atoms with Gasteiger partial charge in [-0.05, 0) is 63.3 Å². The molecule has 1 aromatic rings. The summed E-state index contributed by atoms with van der Waals surface area (Å²) in [5.41, 5.74) is 22.0. The maximum absolute atomic E-state index is 13.6. The number of benzene rings is 1. The maximum atomic E-state index is 13.6. The average molecular weight is 752 g/mol. The highest BCUT2D eigenvalue weighted by Gasteiger charge is 2.32. The van der Waals surface area contributed by atoms with Crippen LogP contribution in [0.1, 0.15) is 63.9 Å². The molecule has 0 fully saturated rings. The van der Waals surface area contributed by atoms with E-state index in [-0.39, 0.29) is 18.6 Å². The minimum absolute atomic E-state index is 0.0638. The van der Waals surface area contributed by atoms with Gasteiger partial charge < -0.3 is 64.8 Å². The fourth-order valence-electron chi connectivity index (χ4n) is 4.73. The molecule has 0 aromatic heterocycles. The number of nitrogens with one attached hydrogen (secondary N) is 5. The van der Waals surface area contributed by atoms with Gasteiger partial charge in [0.25, 0.3) is 0 Å². The number of amides is 7. The zero-order valence-corrected chi connectivity index (χ0v) is 29.2. The van der Waals surface area contributed by atoms with Crippen molar-refractivity contribution in [1.82, 2.24) is 26.6 Å². The number of rotatable bonds is 25. The third-order valence-corrected chi connectivity index (χ3v) is 7.67. The molecule has 0 saturated heterocycles. The van der Waals surface area contributed by atoms with Gasteiger partial charge in [-0.2, -0.15) is 0 Å². The molecule has 0 spiro atoms. The quantitative estimate of drug-likeness (QED) is 0.0423. The van der Waals surface area contributed by atoms with Gasteiger partial charge in [-0.25, -0.2) is 4.79 Å². The van der Waals surface area contributed by atoms with Crippen molar-refractivity contribution in [3.8, 4) is 5.75 Å². The number of nitrogens with two attached hydrogens (primary N) is 4. The number of hydrogen-bond acceptors (Lipinski definition) is 12. The Morgan fingerprint density at radius 1 is 0.642 bits per heavy atom. The first-order valence-electron chi connectivity index (χ1n) is 16.6. The predicted molar refractivity (Wildman–Crippen MR) is 185 cm³/mol. The molecule has 21 heteroatoms. The number of primary amides is 2. The van der Waals surface area contributed by atoms with Crippen LogP contribution >= 0.6 is 0 Å². The lowest BCUT2D eigenvalue weighted by Gasteiger charge is -2.26. The Kier molecular flexibility index (Phi) is 19.5. The lowest BCUT2D eigenvalue weighted by Crippen LogP contribution is -2.59. The van der Waals surface area contributed by atoms with Gasteiger partial charge in [0.1, 0.15) is 36.0 Å². The van der Waals surface area contributed by atoms with Crippen LogP contribution in [0.3, 0.4) is 0 Å². The van der Waals surface area contributed by atoms with Gasteiger partial charge in [0, 0.05) is 19.3 Å². The van der Waals surface area contributed by atoms with Crippen LogP contribution in [0.25, 0.3) is 0 Å². The van der Waals surface area contributed by atoms with E-state index in [9.17, 15) is 58.5 Å². The molecule has 1 rings (SSSR count). The first-order chi connectivity index (χ1) is 24.8. The summed E-state index contributed by atoms with van der Waals surface area (Å²) in [7, 11) is 0. The van der Waals surface area contributed by atoms with Crippen molar-refractivity contribution in [3.05, 3.63) is 29.8 Å². The van der Waals surface area contributed by atoms with Crippen molar-refractivity contribution in [2.45, 2.75) is 101 Å². The third-order valence-electron chi connectivity index (χ3n) is 7.67. The van der Waals surface area contributed by atoms with E-state index in [2.05, 4.69) is 26.6 Å². The topological polar surface area (TPSA) is 379 Å². The van der Waals surface area contributed by atoms with Crippen LogP contribution in [0.2, 0.25) is 0 Å². The van der Waals surface area contributed by atoms with E-state index in [0.717, 1.165) is 0 Å². The molecule has 0 unspecified atom stereocenters. The highest BCUT2D eigenvalue weighted by atomic mass is 16.4. The van der Waals surface area contributed by atoms with Crippen molar-refractivity contribution in [2.24, 2.45) is 22.9 Å².